The summed E-state index contributed by atoms with van der Waals surface area (Å²) in [6, 6.07) is 17.2. The van der Waals surface area contributed by atoms with E-state index >= 15 is 0 Å². The molecule has 1 heterocycles. The number of rotatable bonds is 7. The van der Waals surface area contributed by atoms with Crippen LogP contribution in [0.2, 0.25) is 0 Å². The molecule has 0 spiro atoms. The first-order valence-corrected chi connectivity index (χ1v) is 12.0. The van der Waals surface area contributed by atoms with E-state index in [4.69, 9.17) is 4.52 Å². The van der Waals surface area contributed by atoms with Gasteiger partial charge in [0.05, 0.1) is 11.3 Å². The molecule has 4 rings (SSSR count). The van der Waals surface area contributed by atoms with Gasteiger partial charge in [-0.05, 0) is 60.9 Å². The maximum atomic E-state index is 13.3. The highest BCUT2D eigenvalue weighted by molar-refractivity contribution is 7.91. The zero-order chi connectivity index (χ0) is 23.6. The zero-order valence-corrected chi connectivity index (χ0v) is 19.0. The molecule has 0 aliphatic heterocycles. The lowest BCUT2D eigenvalue weighted by molar-refractivity contribution is -0.120. The van der Waals surface area contributed by atoms with Gasteiger partial charge >= 0.3 is 0 Å². The van der Waals surface area contributed by atoms with Crippen molar-refractivity contribution in [2.45, 2.75) is 30.4 Å². The summed E-state index contributed by atoms with van der Waals surface area (Å²) >= 11 is 0. The fourth-order valence-electron chi connectivity index (χ4n) is 3.85. The second-order valence-electron chi connectivity index (χ2n) is 7.97. The number of hydrogen-bond acceptors (Lipinski definition) is 5. The van der Waals surface area contributed by atoms with Crippen molar-refractivity contribution in [2.24, 2.45) is 0 Å². The molecular formula is C25H23FN2O4S. The van der Waals surface area contributed by atoms with Crippen LogP contribution in [0.5, 0.6) is 0 Å². The number of benzene rings is 3. The van der Waals surface area contributed by atoms with Crippen molar-refractivity contribution < 1.29 is 22.1 Å². The van der Waals surface area contributed by atoms with Gasteiger partial charge in [0.15, 0.2) is 15.4 Å². The molecule has 0 fully saturated rings. The number of amides is 1. The lowest BCUT2D eigenvalue weighted by Crippen LogP contribution is -2.33. The number of sulfone groups is 1. The van der Waals surface area contributed by atoms with Crippen molar-refractivity contribution in [3.05, 3.63) is 94.9 Å². The van der Waals surface area contributed by atoms with Crippen LogP contribution in [0.1, 0.15) is 27.6 Å². The second-order valence-corrected chi connectivity index (χ2v) is 10.1. The summed E-state index contributed by atoms with van der Waals surface area (Å²) in [4.78, 5) is 12.7. The first-order chi connectivity index (χ1) is 15.8. The minimum Gasteiger partial charge on any atom is -0.356 e. The third kappa shape index (κ3) is 4.80. The molecule has 1 amide bonds. The number of nitrogens with one attached hydrogen (secondary N) is 1. The van der Waals surface area contributed by atoms with E-state index in [1.165, 1.54) is 12.1 Å². The van der Waals surface area contributed by atoms with E-state index in [1.54, 1.807) is 30.3 Å². The summed E-state index contributed by atoms with van der Waals surface area (Å²) in [5.74, 6) is -0.900. The molecule has 0 bridgehead atoms. The van der Waals surface area contributed by atoms with Gasteiger partial charge in [0.25, 0.3) is 0 Å². The van der Waals surface area contributed by atoms with E-state index in [9.17, 15) is 17.6 Å². The third-order valence-corrected chi connectivity index (χ3v) is 7.59. The number of carbonyl (C=O) groups excluding carboxylic acids is 1. The van der Waals surface area contributed by atoms with Crippen LogP contribution in [-0.4, -0.2) is 26.0 Å². The van der Waals surface area contributed by atoms with Crippen molar-refractivity contribution >= 4 is 26.7 Å². The van der Waals surface area contributed by atoms with Gasteiger partial charge in [0, 0.05) is 11.9 Å². The summed E-state index contributed by atoms with van der Waals surface area (Å²) in [5.41, 5.74) is 3.61. The molecule has 6 nitrogen and oxygen atoms in total. The monoisotopic (exact) mass is 466 g/mol. The zero-order valence-electron chi connectivity index (χ0n) is 18.2. The Hall–Kier alpha value is -3.52. The standard InChI is InChI=1S/C25H23FN2O4S/c1-16-12-17(2)25-21(13-16)22(28-32-25)14-24(29)27-15-23(18-6-4-3-5-7-18)33(30,31)20-10-8-19(26)9-11-20/h3-13,23H,14-15H2,1-2H3,(H,27,29). The molecule has 3 aromatic carbocycles. The Bertz CT molecular complexity index is 1400. The van der Waals surface area contributed by atoms with E-state index in [2.05, 4.69) is 10.5 Å². The van der Waals surface area contributed by atoms with Crippen LogP contribution in [0.4, 0.5) is 4.39 Å². The van der Waals surface area contributed by atoms with Crippen LogP contribution >= 0.6 is 0 Å². The Morgan fingerprint density at radius 3 is 2.45 bits per heavy atom. The molecule has 1 aromatic heterocycles. The first kappa shape index (κ1) is 22.7. The van der Waals surface area contributed by atoms with Crippen molar-refractivity contribution in [1.82, 2.24) is 10.5 Å². The molecule has 170 valence electrons. The Labute approximate surface area is 191 Å². The first-order valence-electron chi connectivity index (χ1n) is 10.4. The summed E-state index contributed by atoms with van der Waals surface area (Å²) in [6.45, 7) is 3.72. The molecule has 0 radical (unpaired) electrons. The van der Waals surface area contributed by atoms with Gasteiger partial charge < -0.3 is 9.84 Å². The van der Waals surface area contributed by atoms with Crippen molar-refractivity contribution in [1.29, 1.82) is 0 Å². The van der Waals surface area contributed by atoms with E-state index in [0.29, 0.717) is 16.8 Å². The predicted octanol–water partition coefficient (Wildman–Crippen LogP) is 4.46. The molecule has 0 saturated carbocycles. The van der Waals surface area contributed by atoms with E-state index < -0.39 is 20.9 Å². The van der Waals surface area contributed by atoms with Crippen LogP contribution < -0.4 is 5.32 Å². The fraction of sp³-hybridized carbons (Fsp3) is 0.200. The van der Waals surface area contributed by atoms with Crippen LogP contribution in [0.25, 0.3) is 11.0 Å². The molecule has 0 aliphatic rings. The van der Waals surface area contributed by atoms with Crippen LogP contribution in [-0.2, 0) is 21.1 Å². The quantitative estimate of drug-likeness (QED) is 0.406. The van der Waals surface area contributed by atoms with Crippen molar-refractivity contribution in [2.75, 3.05) is 6.54 Å². The van der Waals surface area contributed by atoms with E-state index in [0.717, 1.165) is 28.6 Å². The average Bonchev–Trinajstić information content (AvgIpc) is 3.17. The second kappa shape index (κ2) is 9.15. The molecule has 33 heavy (non-hydrogen) atoms. The Balaban J connectivity index is 1.56. The summed E-state index contributed by atoms with van der Waals surface area (Å²) < 4.78 is 45.4. The highest BCUT2D eigenvalue weighted by Gasteiger charge is 2.30. The number of carbonyl (C=O) groups is 1. The topological polar surface area (TPSA) is 89.3 Å². The Morgan fingerprint density at radius 2 is 1.76 bits per heavy atom. The van der Waals surface area contributed by atoms with Gasteiger partial charge in [-0.1, -0.05) is 41.6 Å². The van der Waals surface area contributed by atoms with Crippen molar-refractivity contribution in [3.63, 3.8) is 0 Å². The number of fused-ring (bicyclic) bond motifs is 1. The molecule has 0 saturated heterocycles. The Kier molecular flexibility index (Phi) is 6.29. The lowest BCUT2D eigenvalue weighted by Gasteiger charge is -2.19. The van der Waals surface area contributed by atoms with Crippen LogP contribution in [0, 0.1) is 19.7 Å². The summed E-state index contributed by atoms with van der Waals surface area (Å²) in [5, 5.41) is 6.49. The number of aromatic nitrogens is 1. The van der Waals surface area contributed by atoms with Gasteiger partial charge in [0.1, 0.15) is 16.8 Å². The minimum absolute atomic E-state index is 0.0135. The molecular weight excluding hydrogens is 443 g/mol. The van der Waals surface area contributed by atoms with Gasteiger partial charge in [-0.2, -0.15) is 0 Å². The number of halogens is 1. The predicted molar refractivity (Wildman–Crippen MR) is 123 cm³/mol. The van der Waals surface area contributed by atoms with Gasteiger partial charge in [-0.15, -0.1) is 0 Å². The molecule has 1 N–H and O–H groups in total. The van der Waals surface area contributed by atoms with E-state index in [-0.39, 0.29) is 23.8 Å². The number of aryl methyl sites for hydroxylation is 2. The SMILES string of the molecule is Cc1cc(C)c2onc(CC(=O)NCC(c3ccccc3)S(=O)(=O)c3ccc(F)cc3)c2c1. The molecule has 8 heteroatoms. The maximum absolute atomic E-state index is 13.3. The van der Waals surface area contributed by atoms with Crippen molar-refractivity contribution in [3.8, 4) is 0 Å². The fourth-order valence-corrected chi connectivity index (χ4v) is 5.51. The van der Waals surface area contributed by atoms with Crippen LogP contribution in [0.3, 0.4) is 0 Å². The highest BCUT2D eigenvalue weighted by atomic mass is 32.2. The van der Waals surface area contributed by atoms with Crippen LogP contribution in [0.15, 0.2) is 76.1 Å². The van der Waals surface area contributed by atoms with Gasteiger partial charge in [-0.3, -0.25) is 4.79 Å². The normalized spacial score (nSPS) is 12.6. The lowest BCUT2D eigenvalue weighted by atomic mass is 10.1. The third-order valence-electron chi connectivity index (χ3n) is 5.48. The molecule has 4 aromatic rings. The molecule has 0 aliphatic carbocycles. The highest BCUT2D eigenvalue weighted by Crippen LogP contribution is 2.29. The number of nitrogens with zero attached hydrogens (tertiary/aromatic N) is 1. The summed E-state index contributed by atoms with van der Waals surface area (Å²) in [6.07, 6.45) is -0.0476. The summed E-state index contributed by atoms with van der Waals surface area (Å²) in [7, 11) is -3.89. The number of hydrogen-bond donors (Lipinski definition) is 1. The van der Waals surface area contributed by atoms with Gasteiger partial charge in [0.2, 0.25) is 5.91 Å². The largest absolute Gasteiger partial charge is 0.356 e. The average molecular weight is 467 g/mol. The van der Waals surface area contributed by atoms with E-state index in [1.807, 2.05) is 26.0 Å². The molecule has 1 unspecified atom stereocenters. The maximum Gasteiger partial charge on any atom is 0.226 e. The molecule has 1 atom stereocenters. The Morgan fingerprint density at radius 1 is 1.06 bits per heavy atom. The minimum atomic E-state index is -3.89. The smallest absolute Gasteiger partial charge is 0.226 e. The van der Waals surface area contributed by atoms with Gasteiger partial charge in [-0.25, -0.2) is 12.8 Å².